The van der Waals surface area contributed by atoms with E-state index in [1.54, 1.807) is 0 Å². The van der Waals surface area contributed by atoms with Crippen LogP contribution in [0, 0.1) is 24.2 Å². The molecule has 4 fully saturated rings. The molecule has 3 heteroatoms. The van der Waals surface area contributed by atoms with Gasteiger partial charge in [0.05, 0.1) is 5.41 Å². The number of carbonyl (C=O) groups is 1. The van der Waals surface area contributed by atoms with Crippen molar-refractivity contribution < 1.29 is 10.0 Å². The van der Waals surface area contributed by atoms with Crippen molar-refractivity contribution in [1.29, 1.82) is 0 Å². The van der Waals surface area contributed by atoms with Crippen molar-refractivity contribution in [3.8, 4) is 0 Å². The zero-order valence-electron chi connectivity index (χ0n) is 12.6. The van der Waals surface area contributed by atoms with E-state index in [1.807, 2.05) is 5.48 Å². The van der Waals surface area contributed by atoms with Gasteiger partial charge in [-0.1, -0.05) is 29.8 Å². The first-order valence-corrected chi connectivity index (χ1v) is 8.07. The van der Waals surface area contributed by atoms with E-state index < -0.39 is 0 Å². The fraction of sp³-hybridized carbons (Fsp3) is 0.611. The molecular formula is C18H23NO2. The number of hydrogen-bond donors (Lipinski definition) is 2. The second-order valence-corrected chi connectivity index (χ2v) is 7.83. The van der Waals surface area contributed by atoms with Gasteiger partial charge in [0.2, 0.25) is 5.91 Å². The molecule has 2 unspecified atom stereocenters. The van der Waals surface area contributed by atoms with Crippen LogP contribution in [0.15, 0.2) is 24.3 Å². The molecule has 1 aromatic carbocycles. The van der Waals surface area contributed by atoms with Crippen molar-refractivity contribution in [3.05, 3.63) is 35.4 Å². The Morgan fingerprint density at radius 1 is 1.14 bits per heavy atom. The molecule has 0 aliphatic heterocycles. The normalized spacial score (nSPS) is 40.3. The maximum atomic E-state index is 12.3. The Labute approximate surface area is 125 Å². The molecule has 0 aromatic heterocycles. The van der Waals surface area contributed by atoms with E-state index in [-0.39, 0.29) is 16.7 Å². The number of amides is 1. The monoisotopic (exact) mass is 285 g/mol. The lowest BCUT2D eigenvalue weighted by molar-refractivity contribution is -0.157. The standard InChI is InChI=1S/C18H23NO2/c1-12-2-4-15(5-3-12)17-7-13-6-14(8-17)10-18(9-13,11-17)16(20)19-21/h2-5,13-14,21H,6-11H2,1H3,(H,19,20). The molecule has 0 radical (unpaired) electrons. The van der Waals surface area contributed by atoms with Crippen molar-refractivity contribution >= 4 is 5.91 Å². The first-order chi connectivity index (χ1) is 10.1. The summed E-state index contributed by atoms with van der Waals surface area (Å²) in [5.74, 6) is 1.14. The van der Waals surface area contributed by atoms with Crippen molar-refractivity contribution in [2.24, 2.45) is 17.3 Å². The van der Waals surface area contributed by atoms with Gasteiger partial charge in [-0.15, -0.1) is 0 Å². The second kappa shape index (κ2) is 4.33. The third kappa shape index (κ3) is 1.87. The molecule has 2 atom stereocenters. The number of hydroxylamine groups is 1. The van der Waals surface area contributed by atoms with E-state index in [9.17, 15) is 10.0 Å². The molecule has 4 saturated carbocycles. The maximum absolute atomic E-state index is 12.3. The van der Waals surface area contributed by atoms with Crippen LogP contribution in [0.2, 0.25) is 0 Å². The molecule has 1 aromatic rings. The summed E-state index contributed by atoms with van der Waals surface area (Å²) in [6, 6.07) is 8.89. The number of rotatable bonds is 2. The van der Waals surface area contributed by atoms with E-state index in [0.717, 1.165) is 19.3 Å². The van der Waals surface area contributed by atoms with Crippen LogP contribution in [0.3, 0.4) is 0 Å². The molecule has 4 aliphatic carbocycles. The predicted molar refractivity (Wildman–Crippen MR) is 79.9 cm³/mol. The van der Waals surface area contributed by atoms with E-state index in [0.29, 0.717) is 11.8 Å². The van der Waals surface area contributed by atoms with Crippen molar-refractivity contribution in [1.82, 2.24) is 5.48 Å². The lowest BCUT2D eigenvalue weighted by Crippen LogP contribution is -2.58. The topological polar surface area (TPSA) is 49.3 Å². The Hall–Kier alpha value is -1.35. The summed E-state index contributed by atoms with van der Waals surface area (Å²) in [7, 11) is 0. The fourth-order valence-corrected chi connectivity index (χ4v) is 5.89. The van der Waals surface area contributed by atoms with Crippen LogP contribution in [0.5, 0.6) is 0 Å². The zero-order chi connectivity index (χ0) is 14.7. The second-order valence-electron chi connectivity index (χ2n) is 7.83. The summed E-state index contributed by atoms with van der Waals surface area (Å²) in [6.45, 7) is 2.12. The van der Waals surface area contributed by atoms with E-state index in [1.165, 1.54) is 30.4 Å². The summed E-state index contributed by atoms with van der Waals surface area (Å²) in [4.78, 5) is 12.3. The third-order valence-corrected chi connectivity index (χ3v) is 6.31. The molecule has 4 aliphatic rings. The number of nitrogens with one attached hydrogen (secondary N) is 1. The van der Waals surface area contributed by atoms with Gasteiger partial charge in [-0.25, -0.2) is 5.48 Å². The Morgan fingerprint density at radius 3 is 2.33 bits per heavy atom. The zero-order valence-corrected chi connectivity index (χ0v) is 12.6. The van der Waals surface area contributed by atoms with Crippen LogP contribution < -0.4 is 5.48 Å². The lowest BCUT2D eigenvalue weighted by Gasteiger charge is -2.61. The molecule has 5 rings (SSSR count). The van der Waals surface area contributed by atoms with E-state index in [2.05, 4.69) is 31.2 Å². The van der Waals surface area contributed by atoms with Crippen LogP contribution in [0.25, 0.3) is 0 Å². The molecule has 2 N–H and O–H groups in total. The number of aryl methyl sites for hydroxylation is 1. The highest BCUT2D eigenvalue weighted by Crippen LogP contribution is 2.65. The largest absolute Gasteiger partial charge is 0.289 e. The van der Waals surface area contributed by atoms with Gasteiger partial charge in [0.25, 0.3) is 0 Å². The Morgan fingerprint density at radius 2 is 1.76 bits per heavy atom. The Kier molecular flexibility index (Phi) is 2.74. The molecule has 4 bridgehead atoms. The molecule has 0 spiro atoms. The summed E-state index contributed by atoms with van der Waals surface area (Å²) in [6.07, 6.45) is 6.53. The molecule has 1 amide bonds. The SMILES string of the molecule is Cc1ccc(C23CC4CC(CC(C(=O)NO)(C4)C2)C3)cc1. The van der Waals surface area contributed by atoms with Crippen molar-refractivity contribution in [2.75, 3.05) is 0 Å². The van der Waals surface area contributed by atoms with Gasteiger partial charge >= 0.3 is 0 Å². The van der Waals surface area contributed by atoms with Gasteiger partial charge in [-0.05, 0) is 68.3 Å². The summed E-state index contributed by atoms with van der Waals surface area (Å²) < 4.78 is 0. The fourth-order valence-electron chi connectivity index (χ4n) is 5.89. The van der Waals surface area contributed by atoms with E-state index in [4.69, 9.17) is 0 Å². The summed E-state index contributed by atoms with van der Waals surface area (Å²) in [5, 5.41) is 9.19. The van der Waals surface area contributed by atoms with Gasteiger partial charge in [-0.2, -0.15) is 0 Å². The molecule has 0 saturated heterocycles. The smallest absolute Gasteiger partial charge is 0.249 e. The minimum Gasteiger partial charge on any atom is -0.289 e. The first kappa shape index (κ1) is 13.3. The quantitative estimate of drug-likeness (QED) is 0.647. The predicted octanol–water partition coefficient (Wildman–Crippen LogP) is 3.34. The molecule has 21 heavy (non-hydrogen) atoms. The van der Waals surface area contributed by atoms with Gasteiger partial charge in [0.15, 0.2) is 0 Å². The number of carbonyl (C=O) groups excluding carboxylic acids is 1. The van der Waals surface area contributed by atoms with E-state index >= 15 is 0 Å². The Balaban J connectivity index is 1.76. The minimum atomic E-state index is -0.330. The number of benzene rings is 1. The summed E-state index contributed by atoms with van der Waals surface area (Å²) in [5.41, 5.74) is 4.47. The van der Waals surface area contributed by atoms with Gasteiger partial charge in [0.1, 0.15) is 0 Å². The van der Waals surface area contributed by atoms with Crippen LogP contribution >= 0.6 is 0 Å². The first-order valence-electron chi connectivity index (χ1n) is 8.07. The lowest BCUT2D eigenvalue weighted by atomic mass is 9.42. The van der Waals surface area contributed by atoms with Crippen LogP contribution in [-0.2, 0) is 10.2 Å². The maximum Gasteiger partial charge on any atom is 0.249 e. The minimum absolute atomic E-state index is 0.145. The van der Waals surface area contributed by atoms with Gasteiger partial charge in [0, 0.05) is 0 Å². The van der Waals surface area contributed by atoms with Crippen LogP contribution in [-0.4, -0.2) is 11.1 Å². The highest BCUT2D eigenvalue weighted by Gasteiger charge is 2.60. The van der Waals surface area contributed by atoms with Gasteiger partial charge < -0.3 is 0 Å². The third-order valence-electron chi connectivity index (χ3n) is 6.31. The average molecular weight is 285 g/mol. The van der Waals surface area contributed by atoms with Crippen molar-refractivity contribution in [3.63, 3.8) is 0 Å². The molecule has 112 valence electrons. The highest BCUT2D eigenvalue weighted by molar-refractivity contribution is 5.82. The summed E-state index contributed by atoms with van der Waals surface area (Å²) >= 11 is 0. The molecule has 3 nitrogen and oxygen atoms in total. The molecule has 0 heterocycles. The highest BCUT2D eigenvalue weighted by atomic mass is 16.5. The number of hydrogen-bond acceptors (Lipinski definition) is 2. The van der Waals surface area contributed by atoms with Crippen LogP contribution in [0.1, 0.15) is 49.7 Å². The Bertz CT molecular complexity index is 563. The average Bonchev–Trinajstić information content (AvgIpc) is 2.45. The van der Waals surface area contributed by atoms with Crippen molar-refractivity contribution in [2.45, 2.75) is 50.9 Å². The van der Waals surface area contributed by atoms with Crippen LogP contribution in [0.4, 0.5) is 0 Å². The van der Waals surface area contributed by atoms with Gasteiger partial charge in [-0.3, -0.25) is 10.0 Å². The molecular weight excluding hydrogens is 262 g/mol.